The summed E-state index contributed by atoms with van der Waals surface area (Å²) in [4.78, 5) is 19.1. The molecular weight excluding hydrogens is 523 g/mol. The molecule has 4 aliphatic heterocycles. The number of nitrogens with one attached hydrogen (secondary N) is 2. The molecule has 1 spiro atoms. The number of piperazine rings is 1. The molecule has 1 aromatic rings. The summed E-state index contributed by atoms with van der Waals surface area (Å²) in [6.45, 7) is 7.79. The molecule has 6 unspecified atom stereocenters. The molecule has 7 atom stereocenters. The van der Waals surface area contributed by atoms with Crippen LogP contribution in [-0.2, 0) is 27.3 Å². The number of benzene rings is 1. The lowest BCUT2D eigenvalue weighted by molar-refractivity contribution is -0.153. The van der Waals surface area contributed by atoms with Gasteiger partial charge in [-0.2, -0.15) is 5.26 Å². The summed E-state index contributed by atoms with van der Waals surface area (Å²) in [5.74, 6) is -0.0123. The topological polar surface area (TPSA) is 93.1 Å². The van der Waals surface area contributed by atoms with Crippen molar-refractivity contribution in [3.8, 4) is 6.07 Å². The minimum atomic E-state index is -0.308. The van der Waals surface area contributed by atoms with Gasteiger partial charge in [0, 0.05) is 44.1 Å². The second kappa shape index (κ2) is 12.1. The van der Waals surface area contributed by atoms with Crippen LogP contribution >= 0.6 is 0 Å². The number of rotatable bonds is 6. The molecule has 2 N–H and O–H groups in total. The number of fused-ring (bicyclic) bond motifs is 2. The predicted molar refractivity (Wildman–Crippen MR) is 152 cm³/mol. The van der Waals surface area contributed by atoms with Gasteiger partial charge in [0.1, 0.15) is 5.82 Å². The maximum absolute atomic E-state index is 13.8. The molecular formula is C31H43FN6O3. The molecule has 1 aromatic carbocycles. The molecule has 0 radical (unpaired) electrons. The lowest BCUT2D eigenvalue weighted by Crippen LogP contribution is -2.73. The van der Waals surface area contributed by atoms with Crippen LogP contribution in [0.15, 0.2) is 30.9 Å². The Bertz CT molecular complexity index is 1180. The summed E-state index contributed by atoms with van der Waals surface area (Å²) in [7, 11) is 2.16. The van der Waals surface area contributed by atoms with Crippen molar-refractivity contribution < 1.29 is 18.7 Å². The van der Waals surface area contributed by atoms with Crippen molar-refractivity contribution in [1.82, 2.24) is 25.3 Å². The van der Waals surface area contributed by atoms with Crippen LogP contribution in [-0.4, -0.2) is 96.7 Å². The van der Waals surface area contributed by atoms with Gasteiger partial charge in [0.15, 0.2) is 6.35 Å². The van der Waals surface area contributed by atoms with Crippen LogP contribution in [0.1, 0.15) is 49.7 Å². The van der Waals surface area contributed by atoms with E-state index in [1.165, 1.54) is 18.1 Å². The van der Waals surface area contributed by atoms with E-state index in [1.807, 2.05) is 6.07 Å². The number of nitriles is 1. The Morgan fingerprint density at radius 3 is 2.93 bits per heavy atom. The minimum absolute atomic E-state index is 0.0528. The molecule has 4 fully saturated rings. The van der Waals surface area contributed by atoms with E-state index in [4.69, 9.17) is 9.47 Å². The Hall–Kier alpha value is -2.39. The molecule has 10 heteroatoms. The number of amides is 1. The highest BCUT2D eigenvalue weighted by molar-refractivity contribution is 5.87. The highest BCUT2D eigenvalue weighted by Gasteiger charge is 2.50. The maximum atomic E-state index is 13.8. The number of hydrogen-bond acceptors (Lipinski definition) is 8. The average Bonchev–Trinajstić information content (AvgIpc) is 3.39. The van der Waals surface area contributed by atoms with E-state index in [9.17, 15) is 14.4 Å². The molecule has 6 rings (SSSR count). The number of hydrogen-bond donors (Lipinski definition) is 2. The third-order valence-corrected chi connectivity index (χ3v) is 10.2. The molecule has 9 nitrogen and oxygen atoms in total. The van der Waals surface area contributed by atoms with Gasteiger partial charge >= 0.3 is 0 Å². The van der Waals surface area contributed by atoms with Crippen molar-refractivity contribution in [1.29, 1.82) is 5.26 Å². The normalized spacial score (nSPS) is 36.0. The summed E-state index contributed by atoms with van der Waals surface area (Å²) < 4.78 is 26.9. The van der Waals surface area contributed by atoms with Gasteiger partial charge in [0.25, 0.3) is 0 Å². The van der Waals surface area contributed by atoms with E-state index in [0.717, 1.165) is 50.8 Å². The third kappa shape index (κ3) is 5.94. The van der Waals surface area contributed by atoms with Gasteiger partial charge in [0.05, 0.1) is 43.5 Å². The van der Waals surface area contributed by atoms with Crippen molar-refractivity contribution in [2.24, 2.45) is 5.92 Å². The Balaban J connectivity index is 1.20. The highest BCUT2D eigenvalue weighted by atomic mass is 19.1. The van der Waals surface area contributed by atoms with Crippen LogP contribution < -0.4 is 10.6 Å². The molecule has 1 aliphatic carbocycles. The molecule has 1 saturated carbocycles. The van der Waals surface area contributed by atoms with Crippen molar-refractivity contribution in [2.75, 3.05) is 39.8 Å². The van der Waals surface area contributed by atoms with Crippen LogP contribution in [0.4, 0.5) is 4.39 Å². The second-order valence-corrected chi connectivity index (χ2v) is 12.6. The quantitative estimate of drug-likeness (QED) is 0.507. The average molecular weight is 567 g/mol. The Morgan fingerprint density at radius 2 is 2.15 bits per heavy atom. The lowest BCUT2D eigenvalue weighted by Gasteiger charge is -2.56. The van der Waals surface area contributed by atoms with Crippen LogP contribution in [0.5, 0.6) is 0 Å². The minimum Gasteiger partial charge on any atom is -0.370 e. The molecule has 0 aromatic heterocycles. The van der Waals surface area contributed by atoms with Crippen LogP contribution in [0.2, 0.25) is 0 Å². The van der Waals surface area contributed by atoms with E-state index < -0.39 is 0 Å². The third-order valence-electron chi connectivity index (χ3n) is 10.2. The van der Waals surface area contributed by atoms with Crippen LogP contribution in [0, 0.1) is 23.1 Å². The monoisotopic (exact) mass is 566 g/mol. The molecule has 4 heterocycles. The van der Waals surface area contributed by atoms with Crippen LogP contribution in [0.25, 0.3) is 0 Å². The smallest absolute Gasteiger partial charge is 0.246 e. The fourth-order valence-electron chi connectivity index (χ4n) is 7.88. The predicted octanol–water partition coefficient (Wildman–Crippen LogP) is 2.33. The van der Waals surface area contributed by atoms with E-state index in [-0.39, 0.29) is 41.9 Å². The fraction of sp³-hybridized carbons (Fsp3) is 0.677. The zero-order chi connectivity index (χ0) is 28.6. The van der Waals surface area contributed by atoms with Gasteiger partial charge in [-0.15, -0.1) is 0 Å². The first-order valence-electron chi connectivity index (χ1n) is 15.2. The summed E-state index contributed by atoms with van der Waals surface area (Å²) in [6.07, 6.45) is 7.27. The first-order chi connectivity index (χ1) is 19.9. The molecule has 41 heavy (non-hydrogen) atoms. The lowest BCUT2D eigenvalue weighted by atomic mass is 9.69. The van der Waals surface area contributed by atoms with E-state index in [0.29, 0.717) is 44.7 Å². The summed E-state index contributed by atoms with van der Waals surface area (Å²) in [6, 6.07) is 7.78. The van der Waals surface area contributed by atoms with Crippen molar-refractivity contribution >= 4 is 5.91 Å². The first kappa shape index (κ1) is 28.7. The summed E-state index contributed by atoms with van der Waals surface area (Å²) in [5, 5.41) is 17.1. The summed E-state index contributed by atoms with van der Waals surface area (Å²) >= 11 is 0. The Morgan fingerprint density at radius 1 is 1.27 bits per heavy atom. The summed E-state index contributed by atoms with van der Waals surface area (Å²) in [5.41, 5.74) is 1.85. The van der Waals surface area contributed by atoms with E-state index >= 15 is 0 Å². The first-order valence-corrected chi connectivity index (χ1v) is 15.2. The van der Waals surface area contributed by atoms with Gasteiger partial charge in [-0.3, -0.25) is 20.3 Å². The number of likely N-dealkylation sites (N-methyl/N-ethyl adjacent to an activating group) is 1. The Kier molecular flexibility index (Phi) is 8.46. The van der Waals surface area contributed by atoms with Gasteiger partial charge in [-0.1, -0.05) is 12.6 Å². The molecule has 3 saturated heterocycles. The SMILES string of the molecule is C=CC(=O)N1CCN(C2NC(OCC3CCCN3C)NC3C[C@]4(CCC32)Cc2ccc(F)cc2CO4)CC1CC#N. The largest absolute Gasteiger partial charge is 0.370 e. The van der Waals surface area contributed by atoms with Crippen molar-refractivity contribution in [3.63, 3.8) is 0 Å². The zero-order valence-corrected chi connectivity index (χ0v) is 24.1. The number of carbonyl (C=O) groups excluding carboxylic acids is 1. The zero-order valence-electron chi connectivity index (χ0n) is 24.1. The standard InChI is InChI=1S/C31H43FN6O3/c1-3-28(39)38-14-13-37(18-24(38)9-11-33)29-26-8-10-31(16-21-6-7-23(32)15-22(21)19-41-31)17-27(26)34-30(35-29)40-20-25-5-4-12-36(25)2/h3,6-7,15,24-27,29-30,34-35H,1,4-5,8-10,12-14,16-20H2,2H3/t24?,25?,26?,27?,29?,30?,31-/m0/s1. The molecule has 5 aliphatic rings. The number of nitrogens with zero attached hydrogens (tertiary/aromatic N) is 4. The second-order valence-electron chi connectivity index (χ2n) is 12.6. The van der Waals surface area contributed by atoms with Crippen LogP contribution in [0.3, 0.4) is 0 Å². The molecule has 222 valence electrons. The van der Waals surface area contributed by atoms with Gasteiger partial charge < -0.3 is 19.3 Å². The van der Waals surface area contributed by atoms with Crippen molar-refractivity contribution in [3.05, 3.63) is 47.8 Å². The highest BCUT2D eigenvalue weighted by Crippen LogP contribution is 2.44. The number of halogens is 1. The number of carbonyl (C=O) groups is 1. The van der Waals surface area contributed by atoms with E-state index in [2.05, 4.69) is 40.1 Å². The van der Waals surface area contributed by atoms with E-state index in [1.54, 1.807) is 17.0 Å². The van der Waals surface area contributed by atoms with Gasteiger partial charge in [-0.25, -0.2) is 4.39 Å². The van der Waals surface area contributed by atoms with Crippen molar-refractivity contribution in [2.45, 2.75) is 87.8 Å². The van der Waals surface area contributed by atoms with Gasteiger partial charge in [-0.05, 0) is 75.0 Å². The Labute approximate surface area is 242 Å². The molecule has 1 amide bonds. The number of likely N-dealkylation sites (tertiary alicyclic amines) is 1. The van der Waals surface area contributed by atoms with Gasteiger partial charge in [0.2, 0.25) is 5.91 Å². The molecule has 0 bridgehead atoms. The fourth-order valence-corrected chi connectivity index (χ4v) is 7.88. The number of ether oxygens (including phenoxy) is 2. The maximum Gasteiger partial charge on any atom is 0.246 e.